The van der Waals surface area contributed by atoms with Gasteiger partial charge in [-0.25, -0.2) is 0 Å². The minimum Gasteiger partial charge on any atom is -0.431 e. The second kappa shape index (κ2) is 6.02. The lowest BCUT2D eigenvalue weighted by Crippen LogP contribution is -2.49. The normalized spacial score (nSPS) is 46.3. The Bertz CT molecular complexity index is 466. The van der Waals surface area contributed by atoms with E-state index in [2.05, 4.69) is 19.9 Å². The van der Waals surface area contributed by atoms with Crippen molar-refractivity contribution in [3.05, 3.63) is 11.8 Å². The SMILES string of the molecule is CC.CC1C=C2OC(=O)CCC2(C)C2CCC3CCCC3C12. The van der Waals surface area contributed by atoms with Crippen LogP contribution in [-0.2, 0) is 9.53 Å². The van der Waals surface area contributed by atoms with Crippen LogP contribution in [0.25, 0.3) is 0 Å². The van der Waals surface area contributed by atoms with Gasteiger partial charge in [-0.15, -0.1) is 0 Å². The van der Waals surface area contributed by atoms with Gasteiger partial charge in [0, 0.05) is 11.8 Å². The van der Waals surface area contributed by atoms with E-state index in [-0.39, 0.29) is 11.4 Å². The van der Waals surface area contributed by atoms with Gasteiger partial charge in [0.1, 0.15) is 5.76 Å². The number of hydrogen-bond donors (Lipinski definition) is 0. The lowest BCUT2D eigenvalue weighted by Gasteiger charge is -2.55. The molecule has 0 N–H and O–H groups in total. The van der Waals surface area contributed by atoms with E-state index in [0.29, 0.717) is 12.3 Å². The lowest BCUT2D eigenvalue weighted by atomic mass is 9.51. The Labute approximate surface area is 135 Å². The number of hydrogen-bond acceptors (Lipinski definition) is 2. The predicted molar refractivity (Wildman–Crippen MR) is 89.1 cm³/mol. The molecule has 2 saturated carbocycles. The maximum atomic E-state index is 11.6. The van der Waals surface area contributed by atoms with Crippen molar-refractivity contribution in [1.82, 2.24) is 0 Å². The smallest absolute Gasteiger partial charge is 0.310 e. The van der Waals surface area contributed by atoms with Crippen LogP contribution in [0.1, 0.15) is 72.6 Å². The minimum absolute atomic E-state index is 0.0195. The zero-order valence-corrected chi connectivity index (χ0v) is 14.7. The first-order valence-corrected chi connectivity index (χ1v) is 9.52. The minimum atomic E-state index is -0.0195. The number of carbonyl (C=O) groups is 1. The molecular formula is C20H32O2. The van der Waals surface area contributed by atoms with E-state index in [1.807, 2.05) is 13.8 Å². The first-order chi connectivity index (χ1) is 10.6. The molecular weight excluding hydrogens is 272 g/mol. The van der Waals surface area contributed by atoms with Crippen LogP contribution in [-0.4, -0.2) is 5.97 Å². The number of fused-ring (bicyclic) bond motifs is 5. The van der Waals surface area contributed by atoms with Gasteiger partial charge in [0.25, 0.3) is 0 Å². The van der Waals surface area contributed by atoms with Crippen LogP contribution in [0.15, 0.2) is 11.8 Å². The van der Waals surface area contributed by atoms with Crippen molar-refractivity contribution in [2.24, 2.45) is 35.0 Å². The molecule has 4 rings (SSSR count). The van der Waals surface area contributed by atoms with E-state index in [1.54, 1.807) is 0 Å². The molecule has 3 fully saturated rings. The highest BCUT2D eigenvalue weighted by Gasteiger charge is 2.55. The van der Waals surface area contributed by atoms with Crippen molar-refractivity contribution in [3.63, 3.8) is 0 Å². The Kier molecular flexibility index (Phi) is 4.40. The van der Waals surface area contributed by atoms with Crippen molar-refractivity contribution in [2.75, 3.05) is 0 Å². The third-order valence-electron chi connectivity index (χ3n) is 7.00. The molecule has 124 valence electrons. The van der Waals surface area contributed by atoms with Crippen molar-refractivity contribution < 1.29 is 9.53 Å². The average Bonchev–Trinajstić information content (AvgIpc) is 3.00. The third-order valence-corrected chi connectivity index (χ3v) is 7.00. The van der Waals surface area contributed by atoms with Gasteiger partial charge in [-0.3, -0.25) is 4.79 Å². The summed E-state index contributed by atoms with van der Waals surface area (Å²) in [5, 5.41) is 0. The van der Waals surface area contributed by atoms with Gasteiger partial charge in [0.15, 0.2) is 0 Å². The Morgan fingerprint density at radius 1 is 1.18 bits per heavy atom. The summed E-state index contributed by atoms with van der Waals surface area (Å²) >= 11 is 0. The summed E-state index contributed by atoms with van der Waals surface area (Å²) in [5.74, 6) is 5.08. The molecule has 22 heavy (non-hydrogen) atoms. The van der Waals surface area contributed by atoms with Crippen LogP contribution < -0.4 is 0 Å². The molecule has 0 amide bonds. The Morgan fingerprint density at radius 3 is 2.73 bits per heavy atom. The quantitative estimate of drug-likeness (QED) is 0.565. The highest BCUT2D eigenvalue weighted by atomic mass is 16.5. The number of ether oxygens (including phenoxy) is 1. The summed E-state index contributed by atoms with van der Waals surface area (Å²) in [6.07, 6.45) is 11.0. The van der Waals surface area contributed by atoms with E-state index in [0.717, 1.165) is 35.9 Å². The van der Waals surface area contributed by atoms with Crippen molar-refractivity contribution >= 4 is 5.97 Å². The topological polar surface area (TPSA) is 26.3 Å². The van der Waals surface area contributed by atoms with Gasteiger partial charge in [-0.2, -0.15) is 0 Å². The van der Waals surface area contributed by atoms with E-state index < -0.39 is 0 Å². The van der Waals surface area contributed by atoms with Crippen LogP contribution in [0.3, 0.4) is 0 Å². The number of carbonyl (C=O) groups excluding carboxylic acids is 1. The van der Waals surface area contributed by atoms with Gasteiger partial charge in [0.2, 0.25) is 0 Å². The zero-order chi connectivity index (χ0) is 15.9. The summed E-state index contributed by atoms with van der Waals surface area (Å²) in [6, 6.07) is 0. The van der Waals surface area contributed by atoms with Gasteiger partial charge >= 0.3 is 5.97 Å². The second-order valence-electron chi connectivity index (χ2n) is 7.90. The molecule has 6 atom stereocenters. The van der Waals surface area contributed by atoms with Crippen LogP contribution in [0, 0.1) is 35.0 Å². The molecule has 0 spiro atoms. The molecule has 2 heteroatoms. The molecule has 0 aromatic carbocycles. The first kappa shape index (κ1) is 16.1. The maximum Gasteiger partial charge on any atom is 0.310 e. The molecule has 0 aromatic heterocycles. The van der Waals surface area contributed by atoms with Crippen LogP contribution in [0.5, 0.6) is 0 Å². The Morgan fingerprint density at radius 2 is 1.95 bits per heavy atom. The molecule has 0 radical (unpaired) electrons. The summed E-state index contributed by atoms with van der Waals surface area (Å²) in [4.78, 5) is 11.6. The van der Waals surface area contributed by atoms with E-state index in [4.69, 9.17) is 4.74 Å². The summed E-state index contributed by atoms with van der Waals surface area (Å²) in [7, 11) is 0. The highest BCUT2D eigenvalue weighted by Crippen LogP contribution is 2.61. The second-order valence-corrected chi connectivity index (χ2v) is 7.90. The molecule has 1 heterocycles. The van der Waals surface area contributed by atoms with Gasteiger partial charge < -0.3 is 4.74 Å². The Balaban J connectivity index is 0.000000693. The predicted octanol–water partition coefficient (Wildman–Crippen LogP) is 5.33. The van der Waals surface area contributed by atoms with Crippen LogP contribution in [0.4, 0.5) is 0 Å². The molecule has 0 aromatic rings. The maximum absolute atomic E-state index is 11.6. The fourth-order valence-corrected chi connectivity index (χ4v) is 6.03. The number of allylic oxidation sites excluding steroid dienone is 2. The summed E-state index contributed by atoms with van der Waals surface area (Å²) in [5.41, 5.74) is 0.138. The summed E-state index contributed by atoms with van der Waals surface area (Å²) < 4.78 is 5.65. The fraction of sp³-hybridized carbons (Fsp3) is 0.850. The molecule has 2 nitrogen and oxygen atoms in total. The Hall–Kier alpha value is -0.790. The molecule has 3 aliphatic carbocycles. The molecule has 4 aliphatic rings. The van der Waals surface area contributed by atoms with Crippen molar-refractivity contribution in [1.29, 1.82) is 0 Å². The van der Waals surface area contributed by atoms with Gasteiger partial charge in [-0.05, 0) is 61.3 Å². The molecule has 0 bridgehead atoms. The van der Waals surface area contributed by atoms with Crippen LogP contribution in [0.2, 0.25) is 0 Å². The van der Waals surface area contributed by atoms with E-state index >= 15 is 0 Å². The molecule has 6 unspecified atom stereocenters. The van der Waals surface area contributed by atoms with Crippen LogP contribution >= 0.6 is 0 Å². The van der Waals surface area contributed by atoms with Gasteiger partial charge in [-0.1, -0.05) is 40.5 Å². The average molecular weight is 304 g/mol. The fourth-order valence-electron chi connectivity index (χ4n) is 6.03. The number of rotatable bonds is 0. The van der Waals surface area contributed by atoms with Crippen molar-refractivity contribution in [3.8, 4) is 0 Å². The highest BCUT2D eigenvalue weighted by molar-refractivity contribution is 5.72. The monoisotopic (exact) mass is 304 g/mol. The lowest BCUT2D eigenvalue weighted by molar-refractivity contribution is -0.151. The standard InChI is InChI=1S/C18H26O2.C2H6/c1-11-10-15-18(2,9-8-16(19)20-15)14-7-6-12-4-3-5-13(12)17(11)14;1-2/h10-14,17H,3-9H2,1-2H3;1-2H3. The molecule has 1 saturated heterocycles. The van der Waals surface area contributed by atoms with Gasteiger partial charge in [0.05, 0.1) is 0 Å². The largest absolute Gasteiger partial charge is 0.431 e. The third kappa shape index (κ3) is 2.34. The van der Waals surface area contributed by atoms with Crippen molar-refractivity contribution in [2.45, 2.75) is 72.6 Å². The zero-order valence-electron chi connectivity index (χ0n) is 14.7. The van der Waals surface area contributed by atoms with E-state index in [1.165, 1.54) is 32.1 Å². The molecule has 1 aliphatic heterocycles. The van der Waals surface area contributed by atoms with E-state index in [9.17, 15) is 4.79 Å². The number of esters is 1. The first-order valence-electron chi connectivity index (χ1n) is 9.52. The summed E-state index contributed by atoms with van der Waals surface area (Å²) in [6.45, 7) is 8.72.